The van der Waals surface area contributed by atoms with E-state index < -0.39 is 0 Å². The van der Waals surface area contributed by atoms with Gasteiger partial charge in [0.25, 0.3) is 0 Å². The first-order valence-electron chi connectivity index (χ1n) is 6.97. The minimum absolute atomic E-state index is 0.337. The predicted molar refractivity (Wildman–Crippen MR) is 96.2 cm³/mol. The van der Waals surface area contributed by atoms with Gasteiger partial charge in [-0.2, -0.15) is 10.2 Å². The van der Waals surface area contributed by atoms with Crippen LogP contribution in [0.1, 0.15) is 5.56 Å². The molecule has 0 radical (unpaired) electrons. The maximum atomic E-state index is 9.14. The number of hydrogen-bond donors (Lipinski definition) is 2. The minimum atomic E-state index is 0.337. The van der Waals surface area contributed by atoms with Gasteiger partial charge in [-0.25, -0.2) is 4.98 Å². The molecule has 0 spiro atoms. The van der Waals surface area contributed by atoms with Crippen molar-refractivity contribution < 1.29 is 0 Å². The first kappa shape index (κ1) is 16.1. The average molecular weight is 356 g/mol. The summed E-state index contributed by atoms with van der Waals surface area (Å²) in [6.45, 7) is 0. The highest BCUT2D eigenvalue weighted by molar-refractivity contribution is 6.39. The molecule has 0 amide bonds. The van der Waals surface area contributed by atoms with Crippen molar-refractivity contribution in [3.8, 4) is 6.07 Å². The molecule has 3 rings (SSSR count). The van der Waals surface area contributed by atoms with Crippen molar-refractivity contribution in [2.75, 3.05) is 10.6 Å². The molecule has 3 aromatic rings. The molecule has 2 N–H and O–H groups in total. The van der Waals surface area contributed by atoms with Crippen molar-refractivity contribution in [3.05, 3.63) is 70.3 Å². The maximum Gasteiger partial charge on any atom is 0.229 e. The lowest BCUT2D eigenvalue weighted by Gasteiger charge is -2.11. The Morgan fingerprint density at radius 2 is 1.67 bits per heavy atom. The number of nitrogens with one attached hydrogen (secondary N) is 2. The van der Waals surface area contributed by atoms with Gasteiger partial charge in [0.2, 0.25) is 5.95 Å². The van der Waals surface area contributed by atoms with Crippen molar-refractivity contribution in [2.45, 2.75) is 0 Å². The molecule has 118 valence electrons. The van der Waals surface area contributed by atoms with Gasteiger partial charge in [0, 0.05) is 6.20 Å². The van der Waals surface area contributed by atoms with E-state index in [9.17, 15) is 0 Å². The van der Waals surface area contributed by atoms with Crippen molar-refractivity contribution >= 4 is 46.3 Å². The number of hydrogen-bond acceptors (Lipinski definition) is 5. The zero-order valence-electron chi connectivity index (χ0n) is 12.3. The summed E-state index contributed by atoms with van der Waals surface area (Å²) in [6, 6.07) is 16.2. The number of anilines is 4. The van der Waals surface area contributed by atoms with Crippen LogP contribution in [0.15, 0.2) is 54.7 Å². The lowest BCUT2D eigenvalue weighted by Crippen LogP contribution is -2.02. The van der Waals surface area contributed by atoms with Crippen LogP contribution in [0.25, 0.3) is 0 Å². The van der Waals surface area contributed by atoms with Crippen molar-refractivity contribution in [1.29, 1.82) is 5.26 Å². The average Bonchev–Trinajstić information content (AvgIpc) is 2.59. The summed E-state index contributed by atoms with van der Waals surface area (Å²) in [5.74, 6) is 0.878. The molecule has 1 heterocycles. The fourth-order valence-electron chi connectivity index (χ4n) is 2.05. The van der Waals surface area contributed by atoms with Crippen molar-refractivity contribution in [3.63, 3.8) is 0 Å². The smallest absolute Gasteiger partial charge is 0.229 e. The number of benzene rings is 2. The van der Waals surface area contributed by atoms with E-state index in [-0.39, 0.29) is 0 Å². The monoisotopic (exact) mass is 355 g/mol. The fourth-order valence-corrected chi connectivity index (χ4v) is 2.54. The van der Waals surface area contributed by atoms with Gasteiger partial charge in [-0.1, -0.05) is 41.4 Å². The van der Waals surface area contributed by atoms with E-state index in [0.29, 0.717) is 38.7 Å². The summed E-state index contributed by atoms with van der Waals surface area (Å²) in [4.78, 5) is 8.52. The Hall–Kier alpha value is -2.81. The van der Waals surface area contributed by atoms with E-state index >= 15 is 0 Å². The molecule has 0 fully saturated rings. The molecular weight excluding hydrogens is 345 g/mol. The number of nitriles is 1. The van der Waals surface area contributed by atoms with E-state index in [2.05, 4.69) is 26.7 Å². The highest BCUT2D eigenvalue weighted by atomic mass is 35.5. The molecule has 7 heteroatoms. The van der Waals surface area contributed by atoms with Crippen LogP contribution in [0.5, 0.6) is 0 Å². The summed E-state index contributed by atoms with van der Waals surface area (Å²) >= 11 is 12.3. The minimum Gasteiger partial charge on any atom is -0.339 e. The highest BCUT2D eigenvalue weighted by Gasteiger charge is 2.08. The van der Waals surface area contributed by atoms with Gasteiger partial charge in [0.15, 0.2) is 0 Å². The molecule has 0 saturated carbocycles. The molecule has 0 saturated heterocycles. The molecule has 0 atom stereocenters. The standard InChI is InChI=1S/C17H11Cl2N5/c18-12-5-3-6-13(19)16(12)24-17-21-9-8-15(23-17)22-14-7-2-1-4-11(14)10-20/h1-9H,(H2,21,22,23,24). The molecule has 1 aromatic heterocycles. The van der Waals surface area contributed by atoms with Gasteiger partial charge in [0.05, 0.1) is 27.0 Å². The fraction of sp³-hybridized carbons (Fsp3) is 0. The largest absolute Gasteiger partial charge is 0.339 e. The second kappa shape index (κ2) is 7.18. The molecule has 5 nitrogen and oxygen atoms in total. The zero-order chi connectivity index (χ0) is 16.9. The summed E-state index contributed by atoms with van der Waals surface area (Å²) in [6.07, 6.45) is 1.59. The lowest BCUT2D eigenvalue weighted by atomic mass is 10.2. The van der Waals surface area contributed by atoms with Gasteiger partial charge in [-0.15, -0.1) is 0 Å². The van der Waals surface area contributed by atoms with Crippen LogP contribution in [0.3, 0.4) is 0 Å². The molecular formula is C17H11Cl2N5. The summed E-state index contributed by atoms with van der Waals surface area (Å²) < 4.78 is 0. The number of aromatic nitrogens is 2. The molecule has 24 heavy (non-hydrogen) atoms. The molecule has 0 bridgehead atoms. The lowest BCUT2D eigenvalue weighted by molar-refractivity contribution is 1.16. The SMILES string of the molecule is N#Cc1ccccc1Nc1ccnc(Nc2c(Cl)cccc2Cl)n1. The van der Waals surface area contributed by atoms with E-state index in [1.165, 1.54) is 0 Å². The molecule has 0 aliphatic carbocycles. The molecule has 2 aromatic carbocycles. The highest BCUT2D eigenvalue weighted by Crippen LogP contribution is 2.31. The molecule has 0 aliphatic heterocycles. The van der Waals surface area contributed by atoms with Crippen LogP contribution in [0.4, 0.5) is 23.1 Å². The zero-order valence-corrected chi connectivity index (χ0v) is 13.8. The topological polar surface area (TPSA) is 73.6 Å². The van der Waals surface area contributed by atoms with Gasteiger partial charge >= 0.3 is 0 Å². The Morgan fingerprint density at radius 3 is 2.42 bits per heavy atom. The van der Waals surface area contributed by atoms with E-state index in [4.69, 9.17) is 28.5 Å². The van der Waals surface area contributed by atoms with Gasteiger partial charge < -0.3 is 10.6 Å². The second-order valence-electron chi connectivity index (χ2n) is 4.77. The van der Waals surface area contributed by atoms with E-state index in [1.807, 2.05) is 6.07 Å². The maximum absolute atomic E-state index is 9.14. The third kappa shape index (κ3) is 3.57. The van der Waals surface area contributed by atoms with Crippen LogP contribution in [-0.2, 0) is 0 Å². The van der Waals surface area contributed by atoms with Crippen LogP contribution >= 0.6 is 23.2 Å². The summed E-state index contributed by atoms with van der Waals surface area (Å²) in [5, 5.41) is 16.2. The Morgan fingerprint density at radius 1 is 0.917 bits per heavy atom. The summed E-state index contributed by atoms with van der Waals surface area (Å²) in [7, 11) is 0. The molecule has 0 unspecified atom stereocenters. The first-order valence-corrected chi connectivity index (χ1v) is 7.73. The number of rotatable bonds is 4. The van der Waals surface area contributed by atoms with E-state index in [0.717, 1.165) is 0 Å². The number of halogens is 2. The van der Waals surface area contributed by atoms with Gasteiger partial charge in [0.1, 0.15) is 11.9 Å². The first-order chi connectivity index (χ1) is 11.7. The predicted octanol–water partition coefficient (Wildman–Crippen LogP) is 5.14. The Balaban J connectivity index is 1.86. The normalized spacial score (nSPS) is 10.0. The third-order valence-electron chi connectivity index (χ3n) is 3.17. The van der Waals surface area contributed by atoms with Crippen molar-refractivity contribution in [1.82, 2.24) is 9.97 Å². The van der Waals surface area contributed by atoms with Crippen molar-refractivity contribution in [2.24, 2.45) is 0 Å². The second-order valence-corrected chi connectivity index (χ2v) is 5.58. The number of para-hydroxylation sites is 2. The van der Waals surface area contributed by atoms with Crippen LogP contribution in [0, 0.1) is 11.3 Å². The quantitative estimate of drug-likeness (QED) is 0.677. The van der Waals surface area contributed by atoms with E-state index in [1.54, 1.807) is 48.7 Å². The van der Waals surface area contributed by atoms with Crippen LogP contribution in [0.2, 0.25) is 10.0 Å². The van der Waals surface area contributed by atoms with Gasteiger partial charge in [-0.3, -0.25) is 0 Å². The third-order valence-corrected chi connectivity index (χ3v) is 3.80. The summed E-state index contributed by atoms with van der Waals surface area (Å²) in [5.41, 5.74) is 1.73. The molecule has 0 aliphatic rings. The van der Waals surface area contributed by atoms with Crippen LogP contribution < -0.4 is 10.6 Å². The number of nitrogens with zero attached hydrogens (tertiary/aromatic N) is 3. The Labute approximate surface area is 148 Å². The Bertz CT molecular complexity index is 901. The Kier molecular flexibility index (Phi) is 4.80. The van der Waals surface area contributed by atoms with Crippen LogP contribution in [-0.4, -0.2) is 9.97 Å². The van der Waals surface area contributed by atoms with Gasteiger partial charge in [-0.05, 0) is 30.3 Å².